The Labute approximate surface area is 112 Å². The maximum absolute atomic E-state index is 12.0. The van der Waals surface area contributed by atoms with Crippen molar-refractivity contribution < 1.29 is 4.79 Å². The second kappa shape index (κ2) is 6.44. The maximum atomic E-state index is 12.0. The van der Waals surface area contributed by atoms with Crippen LogP contribution in [0.5, 0.6) is 0 Å². The molecule has 0 aliphatic carbocycles. The van der Waals surface area contributed by atoms with Gasteiger partial charge in [-0.2, -0.15) is 0 Å². The lowest BCUT2D eigenvalue weighted by Gasteiger charge is -2.18. The van der Waals surface area contributed by atoms with Gasteiger partial charge in [0.25, 0.3) is 0 Å². The molecular weight excluding hydrogens is 250 g/mol. The molecule has 0 radical (unpaired) electrons. The topological polar surface area (TPSA) is 85.8 Å². The van der Waals surface area contributed by atoms with E-state index in [9.17, 15) is 4.79 Å². The van der Waals surface area contributed by atoms with Crippen molar-refractivity contribution in [3.05, 3.63) is 12.2 Å². The molecule has 1 aromatic rings. The highest BCUT2D eigenvalue weighted by Gasteiger charge is 2.24. The quantitative estimate of drug-likeness (QED) is 0.733. The molecule has 1 atom stereocenters. The van der Waals surface area contributed by atoms with Crippen LogP contribution in [0, 0.1) is 11.8 Å². The predicted octanol–water partition coefficient (Wildman–Crippen LogP) is 0.472. The van der Waals surface area contributed by atoms with Crippen LogP contribution in [-0.4, -0.2) is 25.7 Å². The van der Waals surface area contributed by atoms with Crippen molar-refractivity contribution in [2.24, 2.45) is 17.6 Å². The van der Waals surface area contributed by atoms with Gasteiger partial charge in [-0.3, -0.25) is 4.79 Å². The molecule has 0 aliphatic heterocycles. The van der Waals surface area contributed by atoms with E-state index in [0.717, 1.165) is 12.4 Å². The van der Waals surface area contributed by atoms with Crippen LogP contribution < -0.4 is 11.1 Å². The van der Waals surface area contributed by atoms with Gasteiger partial charge in [0.15, 0.2) is 5.82 Å². The molecule has 0 fully saturated rings. The number of nitrogens with zero attached hydrogens (tertiary/aromatic N) is 3. The zero-order chi connectivity index (χ0) is 13.7. The predicted molar refractivity (Wildman–Crippen MR) is 72.7 cm³/mol. The molecule has 3 N–H and O–H groups in total. The minimum absolute atomic E-state index is 0.0755. The normalized spacial score (nSPS) is 12.4. The summed E-state index contributed by atoms with van der Waals surface area (Å²) in [7, 11) is 0. The Hall–Kier alpha value is -1.50. The van der Waals surface area contributed by atoms with Crippen LogP contribution in [0.2, 0.25) is 0 Å². The van der Waals surface area contributed by atoms with Gasteiger partial charge in [0.1, 0.15) is 6.33 Å². The molecule has 0 saturated carbocycles. The highest BCUT2D eigenvalue weighted by Crippen LogP contribution is 2.11. The Bertz CT molecular complexity index is 429. The summed E-state index contributed by atoms with van der Waals surface area (Å²) in [4.78, 5) is 12.2. The number of carbonyl (C=O) groups is 1. The first-order valence-corrected chi connectivity index (χ1v) is 6.31. The summed E-state index contributed by atoms with van der Waals surface area (Å²) < 4.78 is 1.87. The van der Waals surface area contributed by atoms with Crippen LogP contribution >= 0.6 is 12.2 Å². The van der Waals surface area contributed by atoms with E-state index in [4.69, 9.17) is 18.0 Å². The van der Waals surface area contributed by atoms with E-state index >= 15 is 0 Å². The number of aromatic nitrogens is 3. The van der Waals surface area contributed by atoms with Gasteiger partial charge in [0.2, 0.25) is 5.91 Å². The first-order valence-electron chi connectivity index (χ1n) is 5.91. The smallest absolute Gasteiger partial charge is 0.230 e. The highest BCUT2D eigenvalue weighted by atomic mass is 32.1. The molecule has 100 valence electrons. The Kier molecular flexibility index (Phi) is 5.21. The van der Waals surface area contributed by atoms with E-state index in [-0.39, 0.29) is 16.8 Å². The minimum atomic E-state index is -0.446. The lowest BCUT2D eigenvalue weighted by Crippen LogP contribution is -2.40. The first-order chi connectivity index (χ1) is 8.47. The summed E-state index contributed by atoms with van der Waals surface area (Å²) in [6.07, 6.45) is 1.63. The molecule has 0 saturated heterocycles. The molecule has 7 heteroatoms. The lowest BCUT2D eigenvalue weighted by atomic mass is 9.95. The first kappa shape index (κ1) is 14.6. The lowest BCUT2D eigenvalue weighted by molar-refractivity contribution is -0.124. The van der Waals surface area contributed by atoms with Crippen molar-refractivity contribution in [2.45, 2.75) is 33.9 Å². The monoisotopic (exact) mass is 269 g/mol. The summed E-state index contributed by atoms with van der Waals surface area (Å²) in [5.41, 5.74) is 5.58. The molecule has 1 unspecified atom stereocenters. The molecule has 0 bridgehead atoms. The Morgan fingerprint density at radius 1 is 1.61 bits per heavy atom. The van der Waals surface area contributed by atoms with E-state index in [1.165, 1.54) is 0 Å². The average Bonchev–Trinajstić information content (AvgIpc) is 2.72. The molecule has 6 nitrogen and oxygen atoms in total. The van der Waals surface area contributed by atoms with Crippen LogP contribution in [0.15, 0.2) is 6.33 Å². The molecular formula is C11H19N5OS. The summed E-state index contributed by atoms with van der Waals surface area (Å²) in [6.45, 7) is 6.91. The van der Waals surface area contributed by atoms with E-state index in [1.807, 2.05) is 25.3 Å². The van der Waals surface area contributed by atoms with Crippen molar-refractivity contribution >= 4 is 23.1 Å². The Morgan fingerprint density at radius 2 is 2.28 bits per heavy atom. The van der Waals surface area contributed by atoms with Crippen LogP contribution in [0.25, 0.3) is 0 Å². The number of hydrogen-bond acceptors (Lipinski definition) is 4. The number of aryl methyl sites for hydroxylation is 1. The molecule has 1 heterocycles. The molecule has 18 heavy (non-hydrogen) atoms. The van der Waals surface area contributed by atoms with Crippen LogP contribution in [-0.2, 0) is 17.9 Å². The average molecular weight is 269 g/mol. The SMILES string of the molecule is CCn1cnnc1CNC(=O)C(C(N)=S)C(C)C. The third-order valence-corrected chi connectivity index (χ3v) is 2.97. The van der Waals surface area contributed by atoms with E-state index < -0.39 is 5.92 Å². The minimum Gasteiger partial charge on any atom is -0.393 e. The van der Waals surface area contributed by atoms with E-state index in [0.29, 0.717) is 6.54 Å². The highest BCUT2D eigenvalue weighted by molar-refractivity contribution is 7.80. The fraction of sp³-hybridized carbons (Fsp3) is 0.636. The second-order valence-electron chi connectivity index (χ2n) is 4.38. The van der Waals surface area contributed by atoms with E-state index in [2.05, 4.69) is 15.5 Å². The molecule has 1 rings (SSSR count). The van der Waals surface area contributed by atoms with Crippen molar-refractivity contribution in [2.75, 3.05) is 0 Å². The van der Waals surface area contributed by atoms with Gasteiger partial charge in [-0.15, -0.1) is 10.2 Å². The van der Waals surface area contributed by atoms with Gasteiger partial charge in [0, 0.05) is 6.54 Å². The number of thiocarbonyl (C=S) groups is 1. The third-order valence-electron chi connectivity index (χ3n) is 2.71. The summed E-state index contributed by atoms with van der Waals surface area (Å²) in [6, 6.07) is 0. The van der Waals surface area contributed by atoms with Crippen LogP contribution in [0.4, 0.5) is 0 Å². The van der Waals surface area contributed by atoms with Crippen molar-refractivity contribution in [1.82, 2.24) is 20.1 Å². The van der Waals surface area contributed by atoms with Gasteiger partial charge in [0.05, 0.1) is 17.5 Å². The molecule has 1 amide bonds. The van der Waals surface area contributed by atoms with Gasteiger partial charge in [-0.1, -0.05) is 26.1 Å². The summed E-state index contributed by atoms with van der Waals surface area (Å²) in [5.74, 6) is 0.184. The molecule has 0 spiro atoms. The Morgan fingerprint density at radius 3 is 2.78 bits per heavy atom. The zero-order valence-electron chi connectivity index (χ0n) is 10.9. The number of rotatable bonds is 6. The molecule has 0 aliphatic rings. The fourth-order valence-electron chi connectivity index (χ4n) is 1.72. The van der Waals surface area contributed by atoms with Crippen LogP contribution in [0.3, 0.4) is 0 Å². The van der Waals surface area contributed by atoms with E-state index in [1.54, 1.807) is 6.33 Å². The number of hydrogen-bond donors (Lipinski definition) is 2. The molecule has 0 aromatic carbocycles. The number of carbonyl (C=O) groups excluding carboxylic acids is 1. The number of amides is 1. The number of nitrogens with one attached hydrogen (secondary N) is 1. The largest absolute Gasteiger partial charge is 0.393 e. The van der Waals surface area contributed by atoms with Crippen molar-refractivity contribution in [1.29, 1.82) is 0 Å². The van der Waals surface area contributed by atoms with Crippen molar-refractivity contribution in [3.63, 3.8) is 0 Å². The standard InChI is InChI=1S/C11H19N5OS/c1-4-16-6-14-15-8(16)5-13-11(17)9(7(2)3)10(12)18/h6-7,9H,4-5H2,1-3H3,(H2,12,18)(H,13,17). The second-order valence-corrected chi connectivity index (χ2v) is 4.85. The van der Waals surface area contributed by atoms with Gasteiger partial charge >= 0.3 is 0 Å². The van der Waals surface area contributed by atoms with Gasteiger partial charge in [-0.25, -0.2) is 0 Å². The maximum Gasteiger partial charge on any atom is 0.230 e. The van der Waals surface area contributed by atoms with Crippen LogP contribution in [0.1, 0.15) is 26.6 Å². The third kappa shape index (κ3) is 3.49. The summed E-state index contributed by atoms with van der Waals surface area (Å²) in [5, 5.41) is 10.5. The molecule has 1 aromatic heterocycles. The van der Waals surface area contributed by atoms with Gasteiger partial charge in [-0.05, 0) is 12.8 Å². The Balaban J connectivity index is 2.62. The fourth-order valence-corrected chi connectivity index (χ4v) is 2.10. The van der Waals surface area contributed by atoms with Crippen molar-refractivity contribution in [3.8, 4) is 0 Å². The van der Waals surface area contributed by atoms with Gasteiger partial charge < -0.3 is 15.6 Å². The zero-order valence-corrected chi connectivity index (χ0v) is 11.7. The number of nitrogens with two attached hydrogens (primary N) is 1. The summed E-state index contributed by atoms with van der Waals surface area (Å²) >= 11 is 4.92.